The molecule has 4 heteroatoms. The highest BCUT2D eigenvalue weighted by atomic mass is 16.5. The second-order valence-electron chi connectivity index (χ2n) is 5.81. The third kappa shape index (κ3) is 6.05. The number of rotatable bonds is 10. The molecule has 0 aliphatic heterocycles. The summed E-state index contributed by atoms with van der Waals surface area (Å²) in [5.41, 5.74) is 2.05. The molecule has 2 N–H and O–H groups in total. The summed E-state index contributed by atoms with van der Waals surface area (Å²) in [6.07, 6.45) is 2.62. The summed E-state index contributed by atoms with van der Waals surface area (Å²) in [7, 11) is 0. The summed E-state index contributed by atoms with van der Waals surface area (Å²) < 4.78 is 5.63. The third-order valence-electron chi connectivity index (χ3n) is 3.82. The predicted octanol–water partition coefficient (Wildman–Crippen LogP) is 3.65. The summed E-state index contributed by atoms with van der Waals surface area (Å²) in [5, 5.41) is 12.5. The van der Waals surface area contributed by atoms with E-state index < -0.39 is 12.0 Å². The lowest BCUT2D eigenvalue weighted by atomic mass is 10.1. The van der Waals surface area contributed by atoms with Crippen molar-refractivity contribution in [2.45, 2.75) is 38.8 Å². The van der Waals surface area contributed by atoms with Crippen LogP contribution in [0.5, 0.6) is 5.75 Å². The smallest absolute Gasteiger partial charge is 0.321 e. The molecule has 0 unspecified atom stereocenters. The third-order valence-corrected chi connectivity index (χ3v) is 3.82. The normalized spacial score (nSPS) is 11.9. The fourth-order valence-corrected chi connectivity index (χ4v) is 2.38. The second-order valence-corrected chi connectivity index (χ2v) is 5.81. The zero-order chi connectivity index (χ0) is 17.2. The zero-order valence-corrected chi connectivity index (χ0v) is 14.1. The molecule has 24 heavy (non-hydrogen) atoms. The van der Waals surface area contributed by atoms with Gasteiger partial charge in [0.25, 0.3) is 0 Å². The van der Waals surface area contributed by atoms with Gasteiger partial charge in [-0.15, -0.1) is 0 Å². The van der Waals surface area contributed by atoms with E-state index >= 15 is 0 Å². The summed E-state index contributed by atoms with van der Waals surface area (Å²) in [6.45, 7) is 3.37. The number of nitrogens with one attached hydrogen (secondary N) is 1. The van der Waals surface area contributed by atoms with E-state index in [1.165, 1.54) is 0 Å². The Hall–Kier alpha value is -2.33. The van der Waals surface area contributed by atoms with Crippen LogP contribution < -0.4 is 10.1 Å². The Balaban J connectivity index is 1.86. The van der Waals surface area contributed by atoms with Gasteiger partial charge in [-0.3, -0.25) is 4.79 Å². The zero-order valence-electron chi connectivity index (χ0n) is 14.1. The Morgan fingerprint density at radius 1 is 1.08 bits per heavy atom. The number of hydrogen-bond donors (Lipinski definition) is 2. The number of carbonyl (C=O) groups is 1. The minimum atomic E-state index is -0.835. The van der Waals surface area contributed by atoms with E-state index in [1.807, 2.05) is 54.6 Å². The van der Waals surface area contributed by atoms with Crippen molar-refractivity contribution >= 4 is 5.97 Å². The molecule has 0 aliphatic rings. The van der Waals surface area contributed by atoms with Gasteiger partial charge < -0.3 is 15.2 Å². The van der Waals surface area contributed by atoms with Crippen molar-refractivity contribution in [3.8, 4) is 5.75 Å². The standard InChI is InChI=1S/C20H25NO3/c1-2-3-13-24-18-11-9-17(10-12-18)15-21-19(20(22)23)14-16-7-5-4-6-8-16/h4-12,19,21H,2-3,13-15H2,1H3,(H,22,23)/t19-/m0/s1. The van der Waals surface area contributed by atoms with Crippen LogP contribution in [0.4, 0.5) is 0 Å². The number of hydrogen-bond acceptors (Lipinski definition) is 3. The van der Waals surface area contributed by atoms with E-state index in [0.29, 0.717) is 13.0 Å². The monoisotopic (exact) mass is 327 g/mol. The minimum Gasteiger partial charge on any atom is -0.494 e. The van der Waals surface area contributed by atoms with Crippen LogP contribution in [0.1, 0.15) is 30.9 Å². The first kappa shape index (κ1) is 18.0. The lowest BCUT2D eigenvalue weighted by Crippen LogP contribution is -2.38. The first-order valence-corrected chi connectivity index (χ1v) is 8.41. The molecule has 0 amide bonds. The molecule has 2 aromatic rings. The summed E-state index contributed by atoms with van der Waals surface area (Å²) in [4.78, 5) is 11.4. The number of carboxylic acids is 1. The molecule has 0 heterocycles. The van der Waals surface area contributed by atoms with Crippen molar-refractivity contribution in [2.75, 3.05) is 6.61 Å². The van der Waals surface area contributed by atoms with Gasteiger partial charge in [0.1, 0.15) is 11.8 Å². The van der Waals surface area contributed by atoms with Gasteiger partial charge in [0.15, 0.2) is 0 Å². The lowest BCUT2D eigenvalue weighted by molar-refractivity contribution is -0.139. The Labute approximate surface area is 143 Å². The molecule has 4 nitrogen and oxygen atoms in total. The first-order valence-electron chi connectivity index (χ1n) is 8.41. The van der Waals surface area contributed by atoms with Crippen LogP contribution in [-0.2, 0) is 17.8 Å². The summed E-state index contributed by atoms with van der Waals surface area (Å²) in [5.74, 6) is 0.0182. The Kier molecular flexibility index (Phi) is 7.30. The van der Waals surface area contributed by atoms with E-state index in [1.54, 1.807) is 0 Å². The topological polar surface area (TPSA) is 58.6 Å². The molecular weight excluding hydrogens is 302 g/mol. The molecule has 0 spiro atoms. The number of unbranched alkanes of at least 4 members (excludes halogenated alkanes) is 1. The molecule has 0 bridgehead atoms. The lowest BCUT2D eigenvalue weighted by Gasteiger charge is -2.15. The Morgan fingerprint density at radius 2 is 1.79 bits per heavy atom. The van der Waals surface area contributed by atoms with Crippen LogP contribution >= 0.6 is 0 Å². The quantitative estimate of drug-likeness (QED) is 0.654. The van der Waals surface area contributed by atoms with Crippen molar-refractivity contribution < 1.29 is 14.6 Å². The van der Waals surface area contributed by atoms with Crippen molar-refractivity contribution in [3.63, 3.8) is 0 Å². The number of carboxylic acid groups (broad SMARTS) is 1. The maximum absolute atomic E-state index is 11.4. The summed E-state index contributed by atoms with van der Waals surface area (Å²) >= 11 is 0. The van der Waals surface area contributed by atoms with Gasteiger partial charge in [0, 0.05) is 6.54 Å². The number of ether oxygens (including phenoxy) is 1. The molecule has 0 saturated heterocycles. The van der Waals surface area contributed by atoms with Gasteiger partial charge in [-0.05, 0) is 36.1 Å². The SMILES string of the molecule is CCCCOc1ccc(CN[C@@H](Cc2ccccc2)C(=O)O)cc1. The maximum atomic E-state index is 11.4. The largest absolute Gasteiger partial charge is 0.494 e. The van der Waals surface area contributed by atoms with E-state index in [0.717, 1.165) is 36.3 Å². The highest BCUT2D eigenvalue weighted by Gasteiger charge is 2.17. The minimum absolute atomic E-state index is 0.467. The molecule has 0 radical (unpaired) electrons. The molecule has 1 atom stereocenters. The Morgan fingerprint density at radius 3 is 2.42 bits per heavy atom. The van der Waals surface area contributed by atoms with Gasteiger partial charge in [-0.1, -0.05) is 55.8 Å². The number of aliphatic carboxylic acids is 1. The predicted molar refractivity (Wildman–Crippen MR) is 95.3 cm³/mol. The highest BCUT2D eigenvalue weighted by Crippen LogP contribution is 2.13. The molecule has 2 aromatic carbocycles. The average molecular weight is 327 g/mol. The van der Waals surface area contributed by atoms with E-state index in [4.69, 9.17) is 4.74 Å². The van der Waals surface area contributed by atoms with E-state index in [2.05, 4.69) is 12.2 Å². The van der Waals surface area contributed by atoms with Crippen LogP contribution in [0.15, 0.2) is 54.6 Å². The fraction of sp³-hybridized carbons (Fsp3) is 0.350. The van der Waals surface area contributed by atoms with Crippen molar-refractivity contribution in [2.24, 2.45) is 0 Å². The molecule has 0 fully saturated rings. The van der Waals surface area contributed by atoms with E-state index in [9.17, 15) is 9.90 Å². The van der Waals surface area contributed by atoms with Crippen LogP contribution in [0.3, 0.4) is 0 Å². The van der Waals surface area contributed by atoms with Crippen molar-refractivity contribution in [1.29, 1.82) is 0 Å². The van der Waals surface area contributed by atoms with Crippen molar-refractivity contribution in [1.82, 2.24) is 5.32 Å². The summed E-state index contributed by atoms with van der Waals surface area (Å²) in [6, 6.07) is 16.9. The molecule has 0 aromatic heterocycles. The molecule has 2 rings (SSSR count). The maximum Gasteiger partial charge on any atom is 0.321 e. The molecular formula is C20H25NO3. The van der Waals surface area contributed by atoms with Gasteiger partial charge in [-0.2, -0.15) is 0 Å². The first-order chi connectivity index (χ1) is 11.7. The van der Waals surface area contributed by atoms with Crippen LogP contribution in [0.2, 0.25) is 0 Å². The average Bonchev–Trinajstić information content (AvgIpc) is 2.60. The van der Waals surface area contributed by atoms with Crippen LogP contribution in [-0.4, -0.2) is 23.7 Å². The van der Waals surface area contributed by atoms with Gasteiger partial charge in [0.05, 0.1) is 6.61 Å². The van der Waals surface area contributed by atoms with Gasteiger partial charge in [-0.25, -0.2) is 0 Å². The molecule has 128 valence electrons. The van der Waals surface area contributed by atoms with E-state index in [-0.39, 0.29) is 0 Å². The molecule has 0 saturated carbocycles. The van der Waals surface area contributed by atoms with Crippen molar-refractivity contribution in [3.05, 3.63) is 65.7 Å². The highest BCUT2D eigenvalue weighted by molar-refractivity contribution is 5.73. The van der Waals surface area contributed by atoms with Crippen LogP contribution in [0, 0.1) is 0 Å². The van der Waals surface area contributed by atoms with Gasteiger partial charge >= 0.3 is 5.97 Å². The fourth-order valence-electron chi connectivity index (χ4n) is 2.38. The molecule has 0 aliphatic carbocycles. The second kappa shape index (κ2) is 9.73. The van der Waals surface area contributed by atoms with Crippen LogP contribution in [0.25, 0.3) is 0 Å². The van der Waals surface area contributed by atoms with Gasteiger partial charge in [0.2, 0.25) is 0 Å². The Bertz CT molecular complexity index is 611. The number of benzene rings is 2.